The highest BCUT2D eigenvalue weighted by Crippen LogP contribution is 2.42. The van der Waals surface area contributed by atoms with Crippen molar-refractivity contribution in [1.82, 2.24) is 0 Å². The number of thiophene rings is 1. The maximum atomic E-state index is 11.9. The molecule has 0 radical (unpaired) electrons. The Labute approximate surface area is 133 Å². The van der Waals surface area contributed by atoms with E-state index in [1.807, 2.05) is 29.6 Å². The zero-order chi connectivity index (χ0) is 15.5. The Balaban J connectivity index is 1.98. The SMILES string of the molecule is C=CCOc1cc([C@@H]2CC(=O)Nc3ccsc32)ccc1OC. The van der Waals surface area contributed by atoms with Gasteiger partial charge in [-0.3, -0.25) is 4.79 Å². The van der Waals surface area contributed by atoms with Gasteiger partial charge in [0, 0.05) is 17.2 Å². The number of carbonyl (C=O) groups excluding carboxylic acids is 1. The minimum atomic E-state index is 0.0419. The molecular formula is C17H17NO3S. The Hall–Kier alpha value is -2.27. The van der Waals surface area contributed by atoms with E-state index in [0.717, 1.165) is 11.3 Å². The average molecular weight is 315 g/mol. The summed E-state index contributed by atoms with van der Waals surface area (Å²) in [4.78, 5) is 13.1. The number of methoxy groups -OCH3 is 1. The molecule has 2 aromatic rings. The van der Waals surface area contributed by atoms with E-state index < -0.39 is 0 Å². The summed E-state index contributed by atoms with van der Waals surface area (Å²) >= 11 is 1.66. The minimum Gasteiger partial charge on any atom is -0.493 e. The molecule has 1 atom stereocenters. The summed E-state index contributed by atoms with van der Waals surface area (Å²) in [6.45, 7) is 4.07. The summed E-state index contributed by atoms with van der Waals surface area (Å²) in [5.74, 6) is 1.45. The number of ether oxygens (including phenoxy) is 2. The number of nitrogens with one attached hydrogen (secondary N) is 1. The molecule has 0 saturated heterocycles. The molecule has 0 unspecified atom stereocenters. The first kappa shape index (κ1) is 14.7. The standard InChI is InChI=1S/C17H17NO3S/c1-3-7-21-15-9-11(4-5-14(15)20-2)12-10-16(19)18-13-6-8-22-17(12)13/h3-6,8-9,12H,1,7,10H2,2H3,(H,18,19)/t12-/m0/s1. The normalized spacial score (nSPS) is 16.6. The molecule has 1 aliphatic rings. The Kier molecular flexibility index (Phi) is 4.15. The summed E-state index contributed by atoms with van der Waals surface area (Å²) in [6.07, 6.45) is 2.14. The van der Waals surface area contributed by atoms with Crippen molar-refractivity contribution in [3.63, 3.8) is 0 Å². The zero-order valence-corrected chi connectivity index (χ0v) is 13.1. The third-order valence-corrected chi connectivity index (χ3v) is 4.65. The van der Waals surface area contributed by atoms with E-state index in [0.29, 0.717) is 24.5 Å². The monoisotopic (exact) mass is 315 g/mol. The third kappa shape index (κ3) is 2.72. The lowest BCUT2D eigenvalue weighted by Crippen LogP contribution is -2.22. The van der Waals surface area contributed by atoms with E-state index in [4.69, 9.17) is 9.47 Å². The van der Waals surface area contributed by atoms with Crippen molar-refractivity contribution < 1.29 is 14.3 Å². The summed E-state index contributed by atoms with van der Waals surface area (Å²) in [7, 11) is 1.61. The predicted molar refractivity (Wildman–Crippen MR) is 88.1 cm³/mol. The fourth-order valence-corrected chi connectivity index (χ4v) is 3.59. The van der Waals surface area contributed by atoms with Crippen molar-refractivity contribution >= 4 is 22.9 Å². The molecule has 3 rings (SSSR count). The molecule has 1 amide bonds. The highest BCUT2D eigenvalue weighted by molar-refractivity contribution is 7.10. The Morgan fingerprint density at radius 1 is 1.41 bits per heavy atom. The molecule has 1 N–H and O–H groups in total. The number of anilines is 1. The number of fused-ring (bicyclic) bond motifs is 1. The van der Waals surface area contributed by atoms with Crippen molar-refractivity contribution in [3.05, 3.63) is 52.7 Å². The van der Waals surface area contributed by atoms with Crippen LogP contribution in [0.3, 0.4) is 0 Å². The number of hydrogen-bond donors (Lipinski definition) is 1. The van der Waals surface area contributed by atoms with Crippen LogP contribution in [0.2, 0.25) is 0 Å². The fourth-order valence-electron chi connectivity index (χ4n) is 2.61. The van der Waals surface area contributed by atoms with Gasteiger partial charge in [0.05, 0.1) is 12.8 Å². The molecule has 114 valence electrons. The number of hydrogen-bond acceptors (Lipinski definition) is 4. The van der Waals surface area contributed by atoms with Crippen LogP contribution in [0.5, 0.6) is 11.5 Å². The quantitative estimate of drug-likeness (QED) is 0.854. The van der Waals surface area contributed by atoms with Crippen LogP contribution >= 0.6 is 11.3 Å². The van der Waals surface area contributed by atoms with E-state index in [-0.39, 0.29) is 11.8 Å². The van der Waals surface area contributed by atoms with Crippen molar-refractivity contribution in [2.75, 3.05) is 19.0 Å². The Bertz CT molecular complexity index is 708. The largest absolute Gasteiger partial charge is 0.493 e. The van der Waals surface area contributed by atoms with Crippen molar-refractivity contribution in [3.8, 4) is 11.5 Å². The number of amides is 1. The van der Waals surface area contributed by atoms with Gasteiger partial charge in [-0.25, -0.2) is 0 Å². The third-order valence-electron chi connectivity index (χ3n) is 3.62. The Morgan fingerprint density at radius 2 is 2.27 bits per heavy atom. The fraction of sp³-hybridized carbons (Fsp3) is 0.235. The van der Waals surface area contributed by atoms with Gasteiger partial charge in [0.2, 0.25) is 5.91 Å². The second kappa shape index (κ2) is 6.23. The average Bonchev–Trinajstić information content (AvgIpc) is 3.00. The summed E-state index contributed by atoms with van der Waals surface area (Å²) < 4.78 is 11.0. The van der Waals surface area contributed by atoms with Gasteiger partial charge < -0.3 is 14.8 Å². The first-order valence-corrected chi connectivity index (χ1v) is 7.89. The molecule has 0 spiro atoms. The van der Waals surface area contributed by atoms with E-state index in [1.165, 1.54) is 4.88 Å². The van der Waals surface area contributed by atoms with E-state index in [2.05, 4.69) is 11.9 Å². The molecule has 0 bridgehead atoms. The lowest BCUT2D eigenvalue weighted by atomic mass is 9.90. The Morgan fingerprint density at radius 3 is 3.05 bits per heavy atom. The van der Waals surface area contributed by atoms with Gasteiger partial charge in [0.25, 0.3) is 0 Å². The van der Waals surface area contributed by atoms with Crippen molar-refractivity contribution in [2.24, 2.45) is 0 Å². The van der Waals surface area contributed by atoms with Gasteiger partial charge in [-0.05, 0) is 29.1 Å². The summed E-state index contributed by atoms with van der Waals surface area (Å²) in [6, 6.07) is 7.78. The van der Waals surface area contributed by atoms with Gasteiger partial charge in [-0.2, -0.15) is 0 Å². The van der Waals surface area contributed by atoms with Crippen LogP contribution in [0.25, 0.3) is 0 Å². The molecule has 1 aliphatic heterocycles. The van der Waals surface area contributed by atoms with Crippen LogP contribution in [0, 0.1) is 0 Å². The predicted octanol–water partition coefficient (Wildman–Crippen LogP) is 3.80. The molecule has 4 nitrogen and oxygen atoms in total. The molecule has 1 aromatic carbocycles. The lowest BCUT2D eigenvalue weighted by Gasteiger charge is -2.23. The van der Waals surface area contributed by atoms with Crippen LogP contribution in [-0.4, -0.2) is 19.6 Å². The van der Waals surface area contributed by atoms with Crippen LogP contribution in [0.4, 0.5) is 5.69 Å². The number of carbonyl (C=O) groups is 1. The smallest absolute Gasteiger partial charge is 0.225 e. The van der Waals surface area contributed by atoms with E-state index in [9.17, 15) is 4.79 Å². The molecular weight excluding hydrogens is 298 g/mol. The molecule has 0 saturated carbocycles. The van der Waals surface area contributed by atoms with Crippen LogP contribution in [0.15, 0.2) is 42.3 Å². The highest BCUT2D eigenvalue weighted by atomic mass is 32.1. The molecule has 2 heterocycles. The van der Waals surface area contributed by atoms with Gasteiger partial charge >= 0.3 is 0 Å². The topological polar surface area (TPSA) is 47.6 Å². The van der Waals surface area contributed by atoms with Crippen molar-refractivity contribution in [1.29, 1.82) is 0 Å². The molecule has 22 heavy (non-hydrogen) atoms. The first-order chi connectivity index (χ1) is 10.7. The second-order valence-corrected chi connectivity index (χ2v) is 5.96. The van der Waals surface area contributed by atoms with Gasteiger partial charge in [-0.15, -0.1) is 11.3 Å². The minimum absolute atomic E-state index is 0.0419. The molecule has 0 fully saturated rings. The summed E-state index contributed by atoms with van der Waals surface area (Å²) in [5.41, 5.74) is 1.97. The zero-order valence-electron chi connectivity index (χ0n) is 12.3. The number of benzene rings is 1. The van der Waals surface area contributed by atoms with Gasteiger partial charge in [0.15, 0.2) is 11.5 Å². The van der Waals surface area contributed by atoms with Crippen LogP contribution < -0.4 is 14.8 Å². The van der Waals surface area contributed by atoms with Crippen LogP contribution in [0.1, 0.15) is 22.8 Å². The van der Waals surface area contributed by atoms with E-state index >= 15 is 0 Å². The van der Waals surface area contributed by atoms with E-state index in [1.54, 1.807) is 24.5 Å². The molecule has 0 aliphatic carbocycles. The first-order valence-electron chi connectivity index (χ1n) is 7.01. The number of rotatable bonds is 5. The lowest BCUT2D eigenvalue weighted by molar-refractivity contribution is -0.116. The summed E-state index contributed by atoms with van der Waals surface area (Å²) in [5, 5.41) is 4.92. The maximum Gasteiger partial charge on any atom is 0.225 e. The molecule has 5 heteroatoms. The maximum absolute atomic E-state index is 11.9. The molecule has 1 aromatic heterocycles. The van der Waals surface area contributed by atoms with Gasteiger partial charge in [-0.1, -0.05) is 18.7 Å². The second-order valence-electron chi connectivity index (χ2n) is 5.01. The van der Waals surface area contributed by atoms with Crippen LogP contribution in [-0.2, 0) is 4.79 Å². The van der Waals surface area contributed by atoms with Crippen molar-refractivity contribution in [2.45, 2.75) is 12.3 Å². The van der Waals surface area contributed by atoms with Gasteiger partial charge in [0.1, 0.15) is 6.61 Å². The highest BCUT2D eigenvalue weighted by Gasteiger charge is 2.28.